The van der Waals surface area contributed by atoms with E-state index in [1.54, 1.807) is 0 Å². The summed E-state index contributed by atoms with van der Waals surface area (Å²) in [5.41, 5.74) is 5.89. The maximum absolute atomic E-state index is 13.1. The second-order valence-electron chi connectivity index (χ2n) is 5.48. The lowest BCUT2D eigenvalue weighted by Gasteiger charge is -2.11. The first-order valence-electron chi connectivity index (χ1n) is 6.91. The molecule has 1 amide bonds. The van der Waals surface area contributed by atoms with Gasteiger partial charge in [0, 0.05) is 0 Å². The van der Waals surface area contributed by atoms with Crippen LogP contribution in [0.1, 0.15) is 25.7 Å². The van der Waals surface area contributed by atoms with E-state index in [2.05, 4.69) is 5.32 Å². The van der Waals surface area contributed by atoms with Gasteiger partial charge in [-0.25, -0.2) is 12.8 Å². The number of benzene rings is 1. The van der Waals surface area contributed by atoms with Gasteiger partial charge in [-0.3, -0.25) is 4.79 Å². The van der Waals surface area contributed by atoms with Crippen LogP contribution in [0.5, 0.6) is 0 Å². The van der Waals surface area contributed by atoms with Gasteiger partial charge in [0.15, 0.2) is 9.84 Å². The molecule has 116 valence electrons. The fraction of sp³-hybridized carbons (Fsp3) is 0.500. The van der Waals surface area contributed by atoms with Gasteiger partial charge >= 0.3 is 0 Å². The molecule has 7 heteroatoms. The Labute approximate surface area is 123 Å². The Kier molecular flexibility index (Phi) is 4.82. The fourth-order valence-corrected chi connectivity index (χ4v) is 4.26. The molecule has 0 saturated heterocycles. The largest absolute Gasteiger partial charge is 0.397 e. The molecule has 0 unspecified atom stereocenters. The molecule has 21 heavy (non-hydrogen) atoms. The van der Waals surface area contributed by atoms with E-state index in [-0.39, 0.29) is 23.0 Å². The van der Waals surface area contributed by atoms with Crippen molar-refractivity contribution in [3.05, 3.63) is 24.0 Å². The third-order valence-corrected chi connectivity index (χ3v) is 5.29. The molecular formula is C14H19FN2O3S. The Morgan fingerprint density at radius 1 is 1.33 bits per heavy atom. The number of hydrogen-bond acceptors (Lipinski definition) is 4. The fourth-order valence-electron chi connectivity index (χ4n) is 2.62. The summed E-state index contributed by atoms with van der Waals surface area (Å²) < 4.78 is 37.0. The van der Waals surface area contributed by atoms with Crippen molar-refractivity contribution in [1.29, 1.82) is 0 Å². The molecule has 0 radical (unpaired) electrons. The first-order valence-corrected chi connectivity index (χ1v) is 8.73. The lowest BCUT2D eigenvalue weighted by Crippen LogP contribution is -2.27. The molecule has 5 nitrogen and oxygen atoms in total. The van der Waals surface area contributed by atoms with Crippen LogP contribution in [0.4, 0.5) is 15.8 Å². The number of rotatable bonds is 5. The lowest BCUT2D eigenvalue weighted by atomic mass is 10.1. The molecule has 2 rings (SSSR count). The molecule has 0 aliphatic heterocycles. The van der Waals surface area contributed by atoms with Gasteiger partial charge in [-0.1, -0.05) is 12.8 Å². The highest BCUT2D eigenvalue weighted by Gasteiger charge is 2.25. The van der Waals surface area contributed by atoms with Gasteiger partial charge in [0.25, 0.3) is 0 Å². The van der Waals surface area contributed by atoms with Crippen molar-refractivity contribution in [1.82, 2.24) is 0 Å². The average molecular weight is 314 g/mol. The first kappa shape index (κ1) is 15.8. The highest BCUT2D eigenvalue weighted by atomic mass is 32.2. The van der Waals surface area contributed by atoms with E-state index in [0.717, 1.165) is 31.7 Å². The summed E-state index contributed by atoms with van der Waals surface area (Å²) >= 11 is 0. The van der Waals surface area contributed by atoms with Crippen molar-refractivity contribution in [3.63, 3.8) is 0 Å². The molecule has 0 bridgehead atoms. The number of halogens is 1. The highest BCUT2D eigenvalue weighted by Crippen LogP contribution is 2.26. The number of anilines is 2. The van der Waals surface area contributed by atoms with Crippen LogP contribution >= 0.6 is 0 Å². The zero-order valence-corrected chi connectivity index (χ0v) is 12.5. The van der Waals surface area contributed by atoms with Crippen molar-refractivity contribution < 1.29 is 17.6 Å². The van der Waals surface area contributed by atoms with Gasteiger partial charge in [-0.2, -0.15) is 0 Å². The molecule has 0 aromatic heterocycles. The predicted molar refractivity (Wildman–Crippen MR) is 80.1 cm³/mol. The van der Waals surface area contributed by atoms with Gasteiger partial charge in [0.2, 0.25) is 5.91 Å². The van der Waals surface area contributed by atoms with Crippen LogP contribution in [-0.2, 0) is 14.6 Å². The molecule has 1 saturated carbocycles. The summed E-state index contributed by atoms with van der Waals surface area (Å²) in [6.45, 7) is 0. The van der Waals surface area contributed by atoms with Crippen molar-refractivity contribution in [2.75, 3.05) is 22.6 Å². The van der Waals surface area contributed by atoms with E-state index in [0.29, 0.717) is 0 Å². The maximum Gasteiger partial charge on any atom is 0.239 e. The number of carbonyl (C=O) groups is 1. The summed E-state index contributed by atoms with van der Waals surface area (Å²) in [4.78, 5) is 11.8. The third-order valence-electron chi connectivity index (χ3n) is 3.60. The Morgan fingerprint density at radius 3 is 2.67 bits per heavy atom. The van der Waals surface area contributed by atoms with E-state index in [1.165, 1.54) is 12.1 Å². The Balaban J connectivity index is 1.95. The Morgan fingerprint density at radius 2 is 2.00 bits per heavy atom. The standard InChI is InChI=1S/C14H19FN2O3S/c15-11-5-6-12(16)13(7-11)17-14(18)9-21(19,20)8-10-3-1-2-4-10/h5-7,10H,1-4,8-9,16H2,(H,17,18). The van der Waals surface area contributed by atoms with Crippen molar-refractivity contribution in [2.45, 2.75) is 25.7 Å². The monoisotopic (exact) mass is 314 g/mol. The smallest absolute Gasteiger partial charge is 0.239 e. The Hall–Kier alpha value is -1.63. The van der Waals surface area contributed by atoms with Gasteiger partial charge in [-0.05, 0) is 37.0 Å². The predicted octanol–water partition coefficient (Wildman–Crippen LogP) is 1.95. The van der Waals surface area contributed by atoms with Crippen LogP contribution in [0.3, 0.4) is 0 Å². The number of nitrogen functional groups attached to an aromatic ring is 1. The van der Waals surface area contributed by atoms with Crippen LogP contribution in [0, 0.1) is 11.7 Å². The van der Waals surface area contributed by atoms with Crippen LogP contribution in [-0.4, -0.2) is 25.8 Å². The molecule has 0 spiro atoms. The number of nitrogens with two attached hydrogens (primary N) is 1. The summed E-state index contributed by atoms with van der Waals surface area (Å²) in [6.07, 6.45) is 3.90. The third kappa shape index (κ3) is 4.70. The van der Waals surface area contributed by atoms with Crippen LogP contribution in [0.15, 0.2) is 18.2 Å². The summed E-state index contributed by atoms with van der Waals surface area (Å²) in [6, 6.07) is 3.55. The van der Waals surface area contributed by atoms with Gasteiger partial charge in [0.1, 0.15) is 11.6 Å². The second kappa shape index (κ2) is 6.43. The quantitative estimate of drug-likeness (QED) is 0.813. The minimum absolute atomic E-state index is 0.0407. The molecule has 3 N–H and O–H groups in total. The molecular weight excluding hydrogens is 295 g/mol. The van der Waals surface area contributed by atoms with Crippen LogP contribution in [0.2, 0.25) is 0 Å². The van der Waals surface area contributed by atoms with E-state index < -0.39 is 27.3 Å². The molecule has 0 heterocycles. The summed E-state index contributed by atoms with van der Waals surface area (Å²) in [5, 5.41) is 2.35. The normalized spacial score (nSPS) is 16.0. The zero-order valence-electron chi connectivity index (χ0n) is 11.6. The maximum atomic E-state index is 13.1. The molecule has 1 aliphatic carbocycles. The van der Waals surface area contributed by atoms with Crippen molar-refractivity contribution >= 4 is 27.1 Å². The highest BCUT2D eigenvalue weighted by molar-refractivity contribution is 7.92. The van der Waals surface area contributed by atoms with E-state index in [1.807, 2.05) is 0 Å². The number of sulfone groups is 1. The van der Waals surface area contributed by atoms with Crippen LogP contribution in [0.25, 0.3) is 0 Å². The molecule has 1 fully saturated rings. The van der Waals surface area contributed by atoms with Crippen molar-refractivity contribution in [3.8, 4) is 0 Å². The van der Waals surface area contributed by atoms with E-state index in [4.69, 9.17) is 5.73 Å². The number of nitrogens with one attached hydrogen (secondary N) is 1. The first-order chi connectivity index (χ1) is 9.85. The van der Waals surface area contributed by atoms with Gasteiger partial charge in [0.05, 0.1) is 17.1 Å². The minimum Gasteiger partial charge on any atom is -0.397 e. The van der Waals surface area contributed by atoms with Gasteiger partial charge < -0.3 is 11.1 Å². The van der Waals surface area contributed by atoms with E-state index in [9.17, 15) is 17.6 Å². The Bertz CT molecular complexity index is 625. The SMILES string of the molecule is Nc1ccc(F)cc1NC(=O)CS(=O)(=O)CC1CCCC1. The molecule has 1 aliphatic rings. The topological polar surface area (TPSA) is 89.3 Å². The zero-order chi connectivity index (χ0) is 15.5. The van der Waals surface area contributed by atoms with Crippen molar-refractivity contribution in [2.24, 2.45) is 5.92 Å². The average Bonchev–Trinajstić information content (AvgIpc) is 2.84. The van der Waals surface area contributed by atoms with Gasteiger partial charge in [-0.15, -0.1) is 0 Å². The summed E-state index contributed by atoms with van der Waals surface area (Å²) in [5.74, 6) is -1.64. The molecule has 1 aromatic rings. The van der Waals surface area contributed by atoms with E-state index >= 15 is 0 Å². The number of amides is 1. The lowest BCUT2D eigenvalue weighted by molar-refractivity contribution is -0.113. The second-order valence-corrected chi connectivity index (χ2v) is 7.59. The molecule has 1 aromatic carbocycles. The summed E-state index contributed by atoms with van der Waals surface area (Å²) in [7, 11) is -3.45. The number of hydrogen-bond donors (Lipinski definition) is 2. The number of carbonyl (C=O) groups excluding carboxylic acids is 1. The molecule has 0 atom stereocenters. The van der Waals surface area contributed by atoms with Crippen LogP contribution < -0.4 is 11.1 Å². The minimum atomic E-state index is -3.45.